The van der Waals surface area contributed by atoms with Gasteiger partial charge in [-0.2, -0.15) is 13.2 Å². The van der Waals surface area contributed by atoms with Gasteiger partial charge in [0.25, 0.3) is 10.0 Å². The van der Waals surface area contributed by atoms with E-state index in [2.05, 4.69) is 9.71 Å². The van der Waals surface area contributed by atoms with Crippen LogP contribution in [0.2, 0.25) is 5.02 Å². The standard InChI is InChI=1S/C18H22ClN3O5S.C2HF3O2/c1-4-5-8-22(2)17-14(18(23)24)9-12(11-20-17)21-28(25,26)13-6-7-16(27-3)15(19)10-13;3-2(4,5)1(6)7/h6-7,9-11,21H,4-5,8H2,1-3H3,(H,23,24);(H,6,7). The van der Waals surface area contributed by atoms with Crippen LogP contribution >= 0.6 is 11.6 Å². The number of pyridine rings is 1. The summed E-state index contributed by atoms with van der Waals surface area (Å²) in [5.41, 5.74) is -0.0523. The normalized spacial score (nSPS) is 11.2. The first-order chi connectivity index (χ1) is 16.1. The Kier molecular flexibility index (Phi) is 10.6. The maximum Gasteiger partial charge on any atom is 0.490 e. The van der Waals surface area contributed by atoms with Crippen molar-refractivity contribution in [1.29, 1.82) is 0 Å². The van der Waals surface area contributed by atoms with Crippen molar-refractivity contribution >= 4 is 45.1 Å². The predicted molar refractivity (Wildman–Crippen MR) is 122 cm³/mol. The summed E-state index contributed by atoms with van der Waals surface area (Å²) in [6, 6.07) is 5.27. The van der Waals surface area contributed by atoms with Gasteiger partial charge in [-0.15, -0.1) is 0 Å². The number of methoxy groups -OCH3 is 1. The van der Waals surface area contributed by atoms with Gasteiger partial charge in [-0.05, 0) is 30.7 Å². The fourth-order valence-corrected chi connectivity index (χ4v) is 3.89. The third-order valence-electron chi connectivity index (χ3n) is 4.23. The Morgan fingerprint density at radius 1 is 1.23 bits per heavy atom. The molecule has 0 saturated carbocycles. The van der Waals surface area contributed by atoms with Crippen LogP contribution in [0.1, 0.15) is 30.1 Å². The van der Waals surface area contributed by atoms with Gasteiger partial charge in [0.05, 0.1) is 28.9 Å². The van der Waals surface area contributed by atoms with E-state index in [0.29, 0.717) is 12.3 Å². The zero-order valence-electron chi connectivity index (χ0n) is 18.8. The molecule has 1 aromatic carbocycles. The molecule has 0 aliphatic carbocycles. The Morgan fingerprint density at radius 2 is 1.83 bits per heavy atom. The van der Waals surface area contributed by atoms with Crippen molar-refractivity contribution in [2.75, 3.05) is 30.3 Å². The SMILES string of the molecule is CCCCN(C)c1ncc(NS(=O)(=O)c2ccc(OC)c(Cl)c2)cc1C(=O)O.O=C(O)C(F)(F)F. The van der Waals surface area contributed by atoms with Gasteiger partial charge in [0, 0.05) is 13.6 Å². The fraction of sp³-hybridized carbons (Fsp3) is 0.350. The van der Waals surface area contributed by atoms with Crippen LogP contribution in [0.25, 0.3) is 0 Å². The van der Waals surface area contributed by atoms with E-state index >= 15 is 0 Å². The molecule has 35 heavy (non-hydrogen) atoms. The number of carbonyl (C=O) groups is 2. The van der Waals surface area contributed by atoms with Crippen molar-refractivity contribution in [1.82, 2.24) is 4.98 Å². The van der Waals surface area contributed by atoms with E-state index in [1.807, 2.05) is 6.92 Å². The Hall–Kier alpha value is -3.26. The summed E-state index contributed by atoms with van der Waals surface area (Å²) in [7, 11) is -0.821. The van der Waals surface area contributed by atoms with Crippen LogP contribution in [0.4, 0.5) is 24.7 Å². The maximum absolute atomic E-state index is 12.6. The number of unbranched alkanes of at least 4 members (excludes halogenated alkanes) is 1. The van der Waals surface area contributed by atoms with Crippen molar-refractivity contribution < 1.29 is 46.1 Å². The largest absolute Gasteiger partial charge is 0.495 e. The van der Waals surface area contributed by atoms with Gasteiger partial charge in [0.1, 0.15) is 17.1 Å². The van der Waals surface area contributed by atoms with E-state index in [1.165, 1.54) is 37.6 Å². The summed E-state index contributed by atoms with van der Waals surface area (Å²) in [6.45, 7) is 2.67. The first-order valence-electron chi connectivity index (χ1n) is 9.75. The van der Waals surface area contributed by atoms with Gasteiger partial charge in [0.2, 0.25) is 0 Å². The minimum absolute atomic E-state index is 0.0389. The van der Waals surface area contributed by atoms with E-state index in [9.17, 15) is 31.5 Å². The molecule has 194 valence electrons. The lowest BCUT2D eigenvalue weighted by molar-refractivity contribution is -0.192. The summed E-state index contributed by atoms with van der Waals surface area (Å²) in [5, 5.41) is 16.8. The van der Waals surface area contributed by atoms with Crippen molar-refractivity contribution in [3.63, 3.8) is 0 Å². The van der Waals surface area contributed by atoms with Crippen LogP contribution in [0.15, 0.2) is 35.4 Å². The number of hydrogen-bond donors (Lipinski definition) is 3. The molecule has 0 radical (unpaired) electrons. The summed E-state index contributed by atoms with van der Waals surface area (Å²) >= 11 is 5.99. The van der Waals surface area contributed by atoms with Crippen molar-refractivity contribution in [3.05, 3.63) is 41.0 Å². The molecular formula is C20H23ClF3N3O7S. The van der Waals surface area contributed by atoms with E-state index < -0.39 is 28.1 Å². The summed E-state index contributed by atoms with van der Waals surface area (Å²) in [6.07, 6.45) is -1.97. The number of sulfonamides is 1. The molecule has 0 spiro atoms. The number of benzene rings is 1. The number of nitrogens with zero attached hydrogens (tertiary/aromatic N) is 2. The van der Waals surface area contributed by atoms with Crippen LogP contribution in [-0.2, 0) is 14.8 Å². The summed E-state index contributed by atoms with van der Waals surface area (Å²) in [4.78, 5) is 26.3. The number of aliphatic carboxylic acids is 1. The lowest BCUT2D eigenvalue weighted by Crippen LogP contribution is -2.23. The molecule has 0 bridgehead atoms. The highest BCUT2D eigenvalue weighted by Gasteiger charge is 2.38. The van der Waals surface area contributed by atoms with E-state index in [0.717, 1.165) is 12.8 Å². The Labute approximate surface area is 204 Å². The minimum atomic E-state index is -5.08. The molecule has 1 heterocycles. The van der Waals surface area contributed by atoms with Gasteiger partial charge >= 0.3 is 18.1 Å². The molecule has 0 saturated heterocycles. The summed E-state index contributed by atoms with van der Waals surface area (Å²) < 4.78 is 64.3. The van der Waals surface area contributed by atoms with Gasteiger partial charge < -0.3 is 19.8 Å². The number of alkyl halides is 3. The smallest absolute Gasteiger partial charge is 0.490 e. The van der Waals surface area contributed by atoms with Crippen LogP contribution in [-0.4, -0.2) is 62.4 Å². The number of hydrogen-bond acceptors (Lipinski definition) is 7. The second-order valence-corrected chi connectivity index (χ2v) is 8.97. The van der Waals surface area contributed by atoms with Crippen LogP contribution < -0.4 is 14.4 Å². The second kappa shape index (κ2) is 12.4. The molecule has 0 unspecified atom stereocenters. The minimum Gasteiger partial charge on any atom is -0.495 e. The average molecular weight is 542 g/mol. The zero-order valence-corrected chi connectivity index (χ0v) is 20.3. The number of anilines is 2. The van der Waals surface area contributed by atoms with E-state index in [1.54, 1.807) is 11.9 Å². The van der Waals surface area contributed by atoms with Gasteiger partial charge in [-0.25, -0.2) is 23.0 Å². The number of ether oxygens (including phenoxy) is 1. The molecule has 10 nitrogen and oxygen atoms in total. The molecule has 0 fully saturated rings. The van der Waals surface area contributed by atoms with Crippen LogP contribution in [0.3, 0.4) is 0 Å². The number of carboxylic acids is 2. The average Bonchev–Trinajstić information content (AvgIpc) is 2.76. The number of carboxylic acid groups (broad SMARTS) is 2. The predicted octanol–water partition coefficient (Wildman–Crippen LogP) is 4.11. The third-order valence-corrected chi connectivity index (χ3v) is 5.91. The molecule has 2 aromatic rings. The highest BCUT2D eigenvalue weighted by Crippen LogP contribution is 2.28. The Morgan fingerprint density at radius 3 is 2.29 bits per heavy atom. The van der Waals surface area contributed by atoms with Crippen LogP contribution in [0.5, 0.6) is 5.75 Å². The lowest BCUT2D eigenvalue weighted by atomic mass is 10.2. The number of nitrogens with one attached hydrogen (secondary N) is 1. The number of halogens is 4. The maximum atomic E-state index is 12.6. The number of aromatic carboxylic acids is 1. The fourth-order valence-electron chi connectivity index (χ4n) is 2.50. The summed E-state index contributed by atoms with van der Waals surface area (Å²) in [5.74, 6) is -3.34. The topological polar surface area (TPSA) is 146 Å². The molecule has 1 aromatic heterocycles. The molecular weight excluding hydrogens is 519 g/mol. The Bertz CT molecular complexity index is 1160. The first kappa shape index (κ1) is 29.8. The molecule has 2 rings (SSSR count). The van der Waals surface area contributed by atoms with Crippen molar-refractivity contribution in [2.24, 2.45) is 0 Å². The second-order valence-electron chi connectivity index (χ2n) is 6.88. The zero-order chi connectivity index (χ0) is 27.0. The highest BCUT2D eigenvalue weighted by atomic mass is 35.5. The van der Waals surface area contributed by atoms with E-state index in [-0.39, 0.29) is 27.0 Å². The van der Waals surface area contributed by atoms with Crippen LogP contribution in [0, 0.1) is 0 Å². The van der Waals surface area contributed by atoms with Crippen molar-refractivity contribution in [3.8, 4) is 5.75 Å². The molecule has 0 amide bonds. The van der Waals surface area contributed by atoms with Gasteiger partial charge in [0.15, 0.2) is 0 Å². The molecule has 0 atom stereocenters. The van der Waals surface area contributed by atoms with Crippen molar-refractivity contribution in [2.45, 2.75) is 30.8 Å². The van der Waals surface area contributed by atoms with Gasteiger partial charge in [-0.3, -0.25) is 4.72 Å². The highest BCUT2D eigenvalue weighted by molar-refractivity contribution is 7.92. The number of rotatable bonds is 9. The first-order valence-corrected chi connectivity index (χ1v) is 11.6. The van der Waals surface area contributed by atoms with Gasteiger partial charge in [-0.1, -0.05) is 24.9 Å². The number of aromatic nitrogens is 1. The molecule has 0 aliphatic rings. The molecule has 0 aliphatic heterocycles. The molecule has 15 heteroatoms. The third kappa shape index (κ3) is 8.79. The monoisotopic (exact) mass is 541 g/mol. The molecule has 3 N–H and O–H groups in total. The lowest BCUT2D eigenvalue weighted by Gasteiger charge is -2.20. The quantitative estimate of drug-likeness (QED) is 0.426. The van der Waals surface area contributed by atoms with E-state index in [4.69, 9.17) is 26.2 Å². The Balaban J connectivity index is 0.000000762.